The molecule has 16 heavy (non-hydrogen) atoms. The number of halogens is 3. The van der Waals surface area contributed by atoms with E-state index < -0.39 is 0 Å². The Bertz CT molecular complexity index is 369. The number of nitrogens with one attached hydrogen (secondary N) is 1. The van der Waals surface area contributed by atoms with Crippen molar-refractivity contribution >= 4 is 34.8 Å². The van der Waals surface area contributed by atoms with Crippen LogP contribution >= 0.6 is 34.8 Å². The van der Waals surface area contributed by atoms with E-state index in [1.807, 2.05) is 12.1 Å². The van der Waals surface area contributed by atoms with Crippen molar-refractivity contribution in [2.45, 2.75) is 31.3 Å². The van der Waals surface area contributed by atoms with Gasteiger partial charge in [0.1, 0.15) is 0 Å². The highest BCUT2D eigenvalue weighted by atomic mass is 35.5. The summed E-state index contributed by atoms with van der Waals surface area (Å²) in [7, 11) is 0. The molecule has 0 radical (unpaired) electrons. The molecule has 1 N–H and O–H groups in total. The van der Waals surface area contributed by atoms with Gasteiger partial charge in [-0.05, 0) is 43.0 Å². The Labute approximate surface area is 111 Å². The molecule has 1 aliphatic rings. The van der Waals surface area contributed by atoms with Gasteiger partial charge in [0.25, 0.3) is 0 Å². The predicted molar refractivity (Wildman–Crippen MR) is 70.6 cm³/mol. The molecular formula is C12H14Cl3N. The summed E-state index contributed by atoms with van der Waals surface area (Å²) in [6.45, 7) is 0.728. The number of hydrogen-bond acceptors (Lipinski definition) is 1. The summed E-state index contributed by atoms with van der Waals surface area (Å²) < 4.78 is 0. The van der Waals surface area contributed by atoms with Crippen LogP contribution in [0.25, 0.3) is 0 Å². The van der Waals surface area contributed by atoms with E-state index in [2.05, 4.69) is 5.32 Å². The van der Waals surface area contributed by atoms with E-state index in [-0.39, 0.29) is 5.54 Å². The number of rotatable bonds is 4. The third kappa shape index (κ3) is 2.65. The average Bonchev–Trinajstić information content (AvgIpc) is 2.22. The molecule has 1 aromatic rings. The van der Waals surface area contributed by atoms with Gasteiger partial charge in [0.2, 0.25) is 0 Å². The van der Waals surface area contributed by atoms with Gasteiger partial charge < -0.3 is 5.32 Å². The van der Waals surface area contributed by atoms with Crippen LogP contribution in [-0.4, -0.2) is 11.4 Å². The Hall–Kier alpha value is 0.0500. The summed E-state index contributed by atoms with van der Waals surface area (Å²) in [6, 6.07) is 5.53. The number of benzene rings is 1. The second-order valence-corrected chi connectivity index (χ2v) is 5.47. The van der Waals surface area contributed by atoms with Gasteiger partial charge >= 0.3 is 0 Å². The summed E-state index contributed by atoms with van der Waals surface area (Å²) in [5.41, 5.74) is 1.15. The van der Waals surface area contributed by atoms with Crippen molar-refractivity contribution in [3.05, 3.63) is 33.8 Å². The summed E-state index contributed by atoms with van der Waals surface area (Å²) in [4.78, 5) is 0. The minimum absolute atomic E-state index is 0.118. The molecule has 0 heterocycles. The van der Waals surface area contributed by atoms with Gasteiger partial charge in [0.05, 0.1) is 0 Å². The number of hydrogen-bond donors (Lipinski definition) is 1. The minimum Gasteiger partial charge on any atom is -0.306 e. The second-order valence-electron chi connectivity index (χ2n) is 4.36. The Balaban J connectivity index is 2.01. The molecule has 0 atom stereocenters. The van der Waals surface area contributed by atoms with Crippen molar-refractivity contribution < 1.29 is 0 Å². The minimum atomic E-state index is 0.118. The van der Waals surface area contributed by atoms with Crippen molar-refractivity contribution in [3.8, 4) is 0 Å². The van der Waals surface area contributed by atoms with Crippen molar-refractivity contribution in [2.24, 2.45) is 0 Å². The highest BCUT2D eigenvalue weighted by Gasteiger charge is 2.35. The molecule has 0 aliphatic heterocycles. The molecule has 0 saturated heterocycles. The molecule has 0 bridgehead atoms. The summed E-state index contributed by atoms with van der Waals surface area (Å²) in [5.74, 6) is 0.658. The van der Waals surface area contributed by atoms with E-state index in [0.717, 1.165) is 35.0 Å². The molecule has 4 heteroatoms. The highest BCUT2D eigenvalue weighted by molar-refractivity contribution is 6.33. The van der Waals surface area contributed by atoms with Crippen LogP contribution in [0, 0.1) is 0 Å². The van der Waals surface area contributed by atoms with Crippen LogP contribution in [0.3, 0.4) is 0 Å². The lowest BCUT2D eigenvalue weighted by Gasteiger charge is -2.41. The van der Waals surface area contributed by atoms with Crippen LogP contribution in [0.15, 0.2) is 18.2 Å². The first-order valence-electron chi connectivity index (χ1n) is 5.40. The largest absolute Gasteiger partial charge is 0.306 e. The molecule has 1 aromatic carbocycles. The van der Waals surface area contributed by atoms with Gasteiger partial charge in [-0.3, -0.25) is 0 Å². The fourth-order valence-corrected chi connectivity index (χ4v) is 2.66. The third-order valence-electron chi connectivity index (χ3n) is 3.23. The second kappa shape index (κ2) is 5.14. The predicted octanol–water partition coefficient (Wildman–Crippen LogP) is 4.24. The molecule has 1 nitrogen and oxygen atoms in total. The van der Waals surface area contributed by atoms with Crippen molar-refractivity contribution in [2.75, 3.05) is 5.88 Å². The topological polar surface area (TPSA) is 12.0 Å². The summed E-state index contributed by atoms with van der Waals surface area (Å²) in [6.07, 6.45) is 3.55. The maximum Gasteiger partial charge on any atom is 0.0451 e. The van der Waals surface area contributed by atoms with Gasteiger partial charge in [-0.1, -0.05) is 23.2 Å². The Morgan fingerprint density at radius 3 is 2.56 bits per heavy atom. The lowest BCUT2D eigenvalue weighted by atomic mass is 9.78. The molecule has 2 rings (SSSR count). The van der Waals surface area contributed by atoms with Crippen LogP contribution in [0.5, 0.6) is 0 Å². The Morgan fingerprint density at radius 2 is 2.00 bits per heavy atom. The van der Waals surface area contributed by atoms with Crippen LogP contribution in [0.2, 0.25) is 10.0 Å². The van der Waals surface area contributed by atoms with E-state index in [1.54, 1.807) is 6.07 Å². The van der Waals surface area contributed by atoms with Crippen molar-refractivity contribution in [3.63, 3.8) is 0 Å². The average molecular weight is 279 g/mol. The van der Waals surface area contributed by atoms with Gasteiger partial charge in [0, 0.05) is 28.0 Å². The lowest BCUT2D eigenvalue weighted by Crippen LogP contribution is -2.52. The van der Waals surface area contributed by atoms with Gasteiger partial charge in [0.15, 0.2) is 0 Å². The van der Waals surface area contributed by atoms with Crippen LogP contribution in [0.1, 0.15) is 24.8 Å². The molecule has 1 saturated carbocycles. The Morgan fingerprint density at radius 1 is 1.25 bits per heavy atom. The SMILES string of the molecule is ClCC1(NCc2cc(Cl)ccc2Cl)CCC1. The molecule has 0 spiro atoms. The summed E-state index contributed by atoms with van der Waals surface area (Å²) in [5, 5.41) is 4.96. The molecule has 1 aliphatic carbocycles. The van der Waals surface area contributed by atoms with Gasteiger partial charge in [-0.25, -0.2) is 0 Å². The van der Waals surface area contributed by atoms with Crippen molar-refractivity contribution in [1.29, 1.82) is 0 Å². The van der Waals surface area contributed by atoms with Gasteiger partial charge in [-0.2, -0.15) is 0 Å². The first-order valence-corrected chi connectivity index (χ1v) is 6.69. The zero-order chi connectivity index (χ0) is 11.6. The first-order chi connectivity index (χ1) is 7.65. The standard InChI is InChI=1S/C12H14Cl3N/c13-8-12(4-1-5-12)16-7-9-6-10(14)2-3-11(9)15/h2-3,6,16H,1,4-5,7-8H2. The Kier molecular flexibility index (Phi) is 4.01. The van der Waals surface area contributed by atoms with E-state index in [1.165, 1.54) is 6.42 Å². The fourth-order valence-electron chi connectivity index (χ4n) is 1.92. The zero-order valence-electron chi connectivity index (χ0n) is 8.90. The molecule has 0 aromatic heterocycles. The normalized spacial score (nSPS) is 18.2. The zero-order valence-corrected chi connectivity index (χ0v) is 11.2. The molecule has 88 valence electrons. The summed E-state index contributed by atoms with van der Waals surface area (Å²) >= 11 is 18.0. The quantitative estimate of drug-likeness (QED) is 0.812. The molecule has 0 amide bonds. The third-order valence-corrected chi connectivity index (χ3v) is 4.34. The van der Waals surface area contributed by atoms with Crippen LogP contribution in [-0.2, 0) is 6.54 Å². The number of alkyl halides is 1. The van der Waals surface area contributed by atoms with E-state index in [0.29, 0.717) is 5.88 Å². The molecule has 1 fully saturated rings. The van der Waals surface area contributed by atoms with E-state index in [4.69, 9.17) is 34.8 Å². The van der Waals surface area contributed by atoms with Crippen LogP contribution in [0.4, 0.5) is 0 Å². The molecular weight excluding hydrogens is 264 g/mol. The van der Waals surface area contributed by atoms with E-state index >= 15 is 0 Å². The van der Waals surface area contributed by atoms with Gasteiger partial charge in [-0.15, -0.1) is 11.6 Å². The first kappa shape index (κ1) is 12.5. The maximum absolute atomic E-state index is 6.10. The smallest absolute Gasteiger partial charge is 0.0451 e. The van der Waals surface area contributed by atoms with E-state index in [9.17, 15) is 0 Å². The highest BCUT2D eigenvalue weighted by Crippen LogP contribution is 2.33. The lowest BCUT2D eigenvalue weighted by molar-refractivity contribution is 0.211. The fraction of sp³-hybridized carbons (Fsp3) is 0.500. The maximum atomic E-state index is 6.10. The monoisotopic (exact) mass is 277 g/mol. The van der Waals surface area contributed by atoms with Crippen LogP contribution < -0.4 is 5.32 Å². The van der Waals surface area contributed by atoms with Crippen molar-refractivity contribution in [1.82, 2.24) is 5.32 Å². The molecule has 0 unspecified atom stereocenters.